The molecule has 0 spiro atoms. The number of carbonyl (C=O) groups is 1. The predicted octanol–water partition coefficient (Wildman–Crippen LogP) is 3.03. The number of aromatic nitrogens is 2. The Morgan fingerprint density at radius 1 is 1.16 bits per heavy atom. The fourth-order valence-corrected chi connectivity index (χ4v) is 5.26. The second-order valence-corrected chi connectivity index (χ2v) is 9.36. The Balaban J connectivity index is 1.60. The molecule has 11 nitrogen and oxygen atoms in total. The van der Waals surface area contributed by atoms with E-state index in [9.17, 15) is 23.3 Å². The smallest absolute Gasteiger partial charge is 0.292 e. The summed E-state index contributed by atoms with van der Waals surface area (Å²) in [6, 6.07) is 8.55. The number of hydrogen-bond acceptors (Lipinski definition) is 7. The van der Waals surface area contributed by atoms with Crippen molar-refractivity contribution in [1.82, 2.24) is 14.1 Å². The van der Waals surface area contributed by atoms with Crippen LogP contribution in [0.2, 0.25) is 0 Å². The minimum absolute atomic E-state index is 0.0235. The maximum absolute atomic E-state index is 12.8. The summed E-state index contributed by atoms with van der Waals surface area (Å²) in [5, 5.41) is 17.9. The summed E-state index contributed by atoms with van der Waals surface area (Å²) >= 11 is 0. The highest BCUT2D eigenvalue weighted by atomic mass is 32.2. The van der Waals surface area contributed by atoms with Crippen LogP contribution < -0.4 is 5.32 Å². The van der Waals surface area contributed by atoms with E-state index in [-0.39, 0.29) is 22.1 Å². The molecule has 12 heteroatoms. The molecule has 4 rings (SSSR count). The van der Waals surface area contributed by atoms with Gasteiger partial charge >= 0.3 is 0 Å². The van der Waals surface area contributed by atoms with Gasteiger partial charge in [0, 0.05) is 37.4 Å². The van der Waals surface area contributed by atoms with Crippen LogP contribution in [0.4, 0.5) is 11.5 Å². The van der Waals surface area contributed by atoms with Crippen LogP contribution in [0.25, 0.3) is 5.69 Å². The molecule has 3 heterocycles. The number of anilines is 1. The average Bonchev–Trinajstić information content (AvgIpc) is 3.48. The van der Waals surface area contributed by atoms with Crippen LogP contribution >= 0.6 is 0 Å². The number of nitrogens with zero attached hydrogens (tertiary/aromatic N) is 4. The summed E-state index contributed by atoms with van der Waals surface area (Å²) in [6.07, 6.45) is 1.60. The normalized spacial score (nSPS) is 14.6. The molecular formula is C20H21N5O6S. The minimum atomic E-state index is -3.73. The van der Waals surface area contributed by atoms with E-state index in [2.05, 4.69) is 10.4 Å². The second-order valence-electron chi connectivity index (χ2n) is 7.45. The van der Waals surface area contributed by atoms with E-state index in [0.717, 1.165) is 12.8 Å². The SMILES string of the molecule is Cc1cc(NC(=O)c2cc(S(=O)(=O)N3CCCC3)c(C)o2)n(-c2ccc([N+](=O)[O-])cc2)n1. The van der Waals surface area contributed by atoms with Gasteiger partial charge in [-0.3, -0.25) is 14.9 Å². The topological polar surface area (TPSA) is 141 Å². The Kier molecular flexibility index (Phi) is 5.57. The zero-order chi connectivity index (χ0) is 23.0. The molecule has 3 aromatic rings. The third-order valence-corrected chi connectivity index (χ3v) is 7.16. The Morgan fingerprint density at radius 2 is 1.81 bits per heavy atom. The van der Waals surface area contributed by atoms with Crippen LogP contribution in [0.15, 0.2) is 45.7 Å². The van der Waals surface area contributed by atoms with Gasteiger partial charge in [0.25, 0.3) is 11.6 Å². The van der Waals surface area contributed by atoms with Crippen molar-refractivity contribution in [2.45, 2.75) is 31.6 Å². The van der Waals surface area contributed by atoms with Crippen molar-refractivity contribution in [2.24, 2.45) is 0 Å². The first-order chi connectivity index (χ1) is 15.2. The van der Waals surface area contributed by atoms with Gasteiger partial charge in [-0.2, -0.15) is 9.40 Å². The summed E-state index contributed by atoms with van der Waals surface area (Å²) in [5.41, 5.74) is 1.04. The molecule has 32 heavy (non-hydrogen) atoms. The number of aryl methyl sites for hydroxylation is 2. The number of nitro groups is 1. The Bertz CT molecular complexity index is 1290. The van der Waals surface area contributed by atoms with Crippen LogP contribution in [0, 0.1) is 24.0 Å². The number of rotatable bonds is 6. The molecular weight excluding hydrogens is 438 g/mol. The van der Waals surface area contributed by atoms with E-state index >= 15 is 0 Å². The first-order valence-corrected chi connectivity index (χ1v) is 11.3. The molecule has 0 unspecified atom stereocenters. The van der Waals surface area contributed by atoms with E-state index in [4.69, 9.17) is 4.42 Å². The average molecular weight is 459 g/mol. The Hall–Kier alpha value is -3.51. The molecule has 0 saturated carbocycles. The molecule has 1 aliphatic rings. The maximum atomic E-state index is 12.8. The highest BCUT2D eigenvalue weighted by Gasteiger charge is 2.32. The highest BCUT2D eigenvalue weighted by Crippen LogP contribution is 2.27. The summed E-state index contributed by atoms with van der Waals surface area (Å²) in [5.74, 6) is -0.338. The van der Waals surface area contributed by atoms with Gasteiger partial charge in [0.15, 0.2) is 5.76 Å². The van der Waals surface area contributed by atoms with Gasteiger partial charge in [0.1, 0.15) is 16.5 Å². The number of hydrogen-bond donors (Lipinski definition) is 1. The van der Waals surface area contributed by atoms with E-state index in [1.165, 1.54) is 46.2 Å². The van der Waals surface area contributed by atoms with Crippen molar-refractivity contribution in [3.63, 3.8) is 0 Å². The summed E-state index contributed by atoms with van der Waals surface area (Å²) in [6.45, 7) is 4.13. The van der Waals surface area contributed by atoms with Crippen LogP contribution in [-0.4, -0.2) is 46.4 Å². The van der Waals surface area contributed by atoms with Gasteiger partial charge in [-0.05, 0) is 38.8 Å². The molecule has 168 valence electrons. The predicted molar refractivity (Wildman–Crippen MR) is 114 cm³/mol. The molecule has 1 fully saturated rings. The van der Waals surface area contributed by atoms with E-state index < -0.39 is 20.9 Å². The lowest BCUT2D eigenvalue weighted by atomic mass is 10.3. The first-order valence-electron chi connectivity index (χ1n) is 9.90. The number of sulfonamides is 1. The molecule has 0 radical (unpaired) electrons. The molecule has 1 N–H and O–H groups in total. The first kappa shape index (κ1) is 21.7. The molecule has 1 saturated heterocycles. The fourth-order valence-electron chi connectivity index (χ4n) is 3.58. The van der Waals surface area contributed by atoms with Gasteiger partial charge in [-0.15, -0.1) is 0 Å². The standard InChI is InChI=1S/C20H21N5O6S/c1-13-11-19(24(22-13)15-5-7-16(8-6-15)25(27)28)21-20(26)17-12-18(14(2)31-17)32(29,30)23-9-3-4-10-23/h5-8,11-12H,3-4,9-10H2,1-2H3,(H,21,26). The highest BCUT2D eigenvalue weighted by molar-refractivity contribution is 7.89. The molecule has 1 aromatic carbocycles. The molecule has 0 aliphatic carbocycles. The zero-order valence-corrected chi connectivity index (χ0v) is 18.3. The van der Waals surface area contributed by atoms with Gasteiger partial charge < -0.3 is 9.73 Å². The Labute approximate surface area is 183 Å². The van der Waals surface area contributed by atoms with E-state index in [0.29, 0.717) is 30.3 Å². The summed E-state index contributed by atoms with van der Waals surface area (Å²) < 4.78 is 34.0. The monoisotopic (exact) mass is 459 g/mol. The van der Waals surface area contributed by atoms with Gasteiger partial charge in [0.2, 0.25) is 10.0 Å². The molecule has 1 aliphatic heterocycles. The molecule has 1 amide bonds. The molecule has 0 atom stereocenters. The van der Waals surface area contributed by atoms with Crippen LogP contribution in [0.5, 0.6) is 0 Å². The van der Waals surface area contributed by atoms with Gasteiger partial charge in [0.05, 0.1) is 16.3 Å². The van der Waals surface area contributed by atoms with Crippen molar-refractivity contribution >= 4 is 27.4 Å². The van der Waals surface area contributed by atoms with Crippen molar-refractivity contribution in [2.75, 3.05) is 18.4 Å². The number of benzene rings is 1. The molecule has 2 aromatic heterocycles. The van der Waals surface area contributed by atoms with Crippen molar-refractivity contribution in [1.29, 1.82) is 0 Å². The van der Waals surface area contributed by atoms with Crippen molar-refractivity contribution in [3.05, 3.63) is 63.7 Å². The lowest BCUT2D eigenvalue weighted by Crippen LogP contribution is -2.28. The summed E-state index contributed by atoms with van der Waals surface area (Å²) in [7, 11) is -3.73. The number of nitrogens with one attached hydrogen (secondary N) is 1. The van der Waals surface area contributed by atoms with Crippen LogP contribution in [0.1, 0.15) is 34.9 Å². The zero-order valence-electron chi connectivity index (χ0n) is 17.4. The number of non-ortho nitro benzene ring substituents is 1. The Morgan fingerprint density at radius 3 is 2.44 bits per heavy atom. The summed E-state index contributed by atoms with van der Waals surface area (Å²) in [4.78, 5) is 23.2. The largest absolute Gasteiger partial charge is 0.455 e. The lowest BCUT2D eigenvalue weighted by molar-refractivity contribution is -0.384. The minimum Gasteiger partial charge on any atom is -0.455 e. The van der Waals surface area contributed by atoms with Gasteiger partial charge in [-0.1, -0.05) is 0 Å². The lowest BCUT2D eigenvalue weighted by Gasteiger charge is -2.14. The molecule has 0 bridgehead atoms. The third kappa shape index (κ3) is 4.01. The number of nitro benzene ring substituents is 1. The van der Waals surface area contributed by atoms with Crippen LogP contribution in [0.3, 0.4) is 0 Å². The second kappa shape index (κ2) is 8.20. The maximum Gasteiger partial charge on any atom is 0.292 e. The number of amides is 1. The quantitative estimate of drug-likeness (QED) is 0.441. The van der Waals surface area contributed by atoms with Gasteiger partial charge in [-0.25, -0.2) is 13.1 Å². The van der Waals surface area contributed by atoms with E-state index in [1.807, 2.05) is 0 Å². The van der Waals surface area contributed by atoms with Crippen molar-refractivity contribution in [3.8, 4) is 5.69 Å². The fraction of sp³-hybridized carbons (Fsp3) is 0.300. The van der Waals surface area contributed by atoms with Crippen LogP contribution in [-0.2, 0) is 10.0 Å². The van der Waals surface area contributed by atoms with E-state index in [1.54, 1.807) is 13.0 Å². The number of carbonyl (C=O) groups excluding carboxylic acids is 1. The number of furan rings is 1. The van der Waals surface area contributed by atoms with Crippen molar-refractivity contribution < 1.29 is 22.6 Å². The third-order valence-electron chi connectivity index (χ3n) is 5.16.